The lowest BCUT2D eigenvalue weighted by Crippen LogP contribution is -2.34. The fourth-order valence-electron chi connectivity index (χ4n) is 1.49. The molecule has 0 fully saturated rings. The minimum atomic E-state index is -0.290. The molecular weight excluding hydrogens is 234 g/mol. The first-order valence-corrected chi connectivity index (χ1v) is 6.47. The Morgan fingerprint density at radius 3 is 2.39 bits per heavy atom. The Kier molecular flexibility index (Phi) is 9.28. The average molecular weight is 259 g/mol. The fraction of sp³-hybridized carbons (Fsp3) is 0.846. The van der Waals surface area contributed by atoms with Crippen LogP contribution in [0.15, 0.2) is 0 Å². The largest absolute Gasteiger partial charge is 0.469 e. The lowest BCUT2D eigenvalue weighted by atomic mass is 10.3. The van der Waals surface area contributed by atoms with Crippen molar-refractivity contribution in [3.63, 3.8) is 0 Å². The van der Waals surface area contributed by atoms with E-state index >= 15 is 0 Å². The van der Waals surface area contributed by atoms with Gasteiger partial charge in [-0.25, -0.2) is 0 Å². The molecule has 0 aliphatic carbocycles. The molecule has 0 spiro atoms. The Bertz CT molecular complexity index is 253. The van der Waals surface area contributed by atoms with E-state index in [2.05, 4.69) is 4.74 Å². The van der Waals surface area contributed by atoms with Crippen LogP contribution in [-0.2, 0) is 19.1 Å². The molecule has 0 bridgehead atoms. The maximum absolute atomic E-state index is 11.7. The summed E-state index contributed by atoms with van der Waals surface area (Å²) in [4.78, 5) is 24.4. The predicted molar refractivity (Wildman–Crippen MR) is 69.2 cm³/mol. The van der Waals surface area contributed by atoms with Gasteiger partial charge in [0.2, 0.25) is 5.91 Å². The van der Waals surface area contributed by atoms with Gasteiger partial charge in [0.05, 0.1) is 19.6 Å². The molecule has 0 aliphatic heterocycles. The SMILES string of the molecule is CCC(=O)N(CCCOC(C)C)CCC(=O)OC. The van der Waals surface area contributed by atoms with Gasteiger partial charge >= 0.3 is 5.97 Å². The summed E-state index contributed by atoms with van der Waals surface area (Å²) in [6.07, 6.45) is 1.68. The maximum atomic E-state index is 11.7. The van der Waals surface area contributed by atoms with Crippen molar-refractivity contribution in [2.45, 2.75) is 46.1 Å². The van der Waals surface area contributed by atoms with Crippen LogP contribution >= 0.6 is 0 Å². The third-order valence-electron chi connectivity index (χ3n) is 2.49. The van der Waals surface area contributed by atoms with Crippen molar-refractivity contribution < 1.29 is 19.1 Å². The van der Waals surface area contributed by atoms with Crippen molar-refractivity contribution >= 4 is 11.9 Å². The Hall–Kier alpha value is -1.10. The highest BCUT2D eigenvalue weighted by atomic mass is 16.5. The average Bonchev–Trinajstić information content (AvgIpc) is 2.36. The van der Waals surface area contributed by atoms with E-state index in [1.807, 2.05) is 20.8 Å². The monoisotopic (exact) mass is 259 g/mol. The van der Waals surface area contributed by atoms with E-state index in [4.69, 9.17) is 4.74 Å². The Labute approximate surface area is 109 Å². The zero-order valence-corrected chi connectivity index (χ0v) is 11.9. The zero-order chi connectivity index (χ0) is 14.0. The summed E-state index contributed by atoms with van der Waals surface area (Å²) in [7, 11) is 1.35. The Morgan fingerprint density at radius 2 is 1.89 bits per heavy atom. The fourth-order valence-corrected chi connectivity index (χ4v) is 1.49. The first kappa shape index (κ1) is 16.9. The summed E-state index contributed by atoms with van der Waals surface area (Å²) in [5.74, 6) is -0.231. The van der Waals surface area contributed by atoms with Crippen LogP contribution in [0.5, 0.6) is 0 Å². The van der Waals surface area contributed by atoms with Gasteiger partial charge < -0.3 is 14.4 Å². The smallest absolute Gasteiger partial charge is 0.307 e. The molecule has 18 heavy (non-hydrogen) atoms. The lowest BCUT2D eigenvalue weighted by molar-refractivity contribution is -0.141. The second kappa shape index (κ2) is 9.88. The summed E-state index contributed by atoms with van der Waals surface area (Å²) in [5, 5.41) is 0. The molecule has 5 heteroatoms. The molecule has 106 valence electrons. The first-order chi connectivity index (χ1) is 8.51. The molecule has 5 nitrogen and oxygen atoms in total. The third kappa shape index (κ3) is 8.06. The molecule has 0 N–H and O–H groups in total. The van der Waals surface area contributed by atoms with Gasteiger partial charge in [-0.05, 0) is 20.3 Å². The van der Waals surface area contributed by atoms with Crippen LogP contribution in [-0.4, -0.2) is 49.7 Å². The Morgan fingerprint density at radius 1 is 1.22 bits per heavy atom. The van der Waals surface area contributed by atoms with Gasteiger partial charge in [-0.15, -0.1) is 0 Å². The molecule has 0 aliphatic rings. The van der Waals surface area contributed by atoms with Crippen LogP contribution in [0.2, 0.25) is 0 Å². The summed E-state index contributed by atoms with van der Waals surface area (Å²) < 4.78 is 9.99. The molecule has 0 aromatic carbocycles. The van der Waals surface area contributed by atoms with Gasteiger partial charge in [-0.1, -0.05) is 6.92 Å². The molecule has 1 amide bonds. The number of amides is 1. The molecular formula is C13H25NO4. The van der Waals surface area contributed by atoms with Gasteiger partial charge in [0.25, 0.3) is 0 Å². The van der Waals surface area contributed by atoms with Gasteiger partial charge in [0, 0.05) is 26.1 Å². The zero-order valence-electron chi connectivity index (χ0n) is 11.9. The van der Waals surface area contributed by atoms with Crippen molar-refractivity contribution in [2.75, 3.05) is 26.8 Å². The topological polar surface area (TPSA) is 55.8 Å². The lowest BCUT2D eigenvalue weighted by Gasteiger charge is -2.22. The van der Waals surface area contributed by atoms with Crippen molar-refractivity contribution in [3.05, 3.63) is 0 Å². The number of hydrogen-bond acceptors (Lipinski definition) is 4. The van der Waals surface area contributed by atoms with Gasteiger partial charge in [0.1, 0.15) is 0 Å². The number of nitrogens with zero attached hydrogens (tertiary/aromatic N) is 1. The highest BCUT2D eigenvalue weighted by Crippen LogP contribution is 2.01. The van der Waals surface area contributed by atoms with Crippen LogP contribution in [0.3, 0.4) is 0 Å². The molecule has 0 aromatic rings. The maximum Gasteiger partial charge on any atom is 0.307 e. The highest BCUT2D eigenvalue weighted by molar-refractivity contribution is 5.76. The van der Waals surface area contributed by atoms with Crippen molar-refractivity contribution in [1.29, 1.82) is 0 Å². The molecule has 0 unspecified atom stereocenters. The van der Waals surface area contributed by atoms with Crippen LogP contribution in [0, 0.1) is 0 Å². The van der Waals surface area contributed by atoms with Crippen molar-refractivity contribution in [2.24, 2.45) is 0 Å². The second-order valence-corrected chi connectivity index (χ2v) is 4.33. The minimum absolute atomic E-state index is 0.0588. The number of methoxy groups -OCH3 is 1. The highest BCUT2D eigenvalue weighted by Gasteiger charge is 2.13. The molecule has 0 saturated heterocycles. The normalized spacial score (nSPS) is 10.5. The van der Waals surface area contributed by atoms with Gasteiger partial charge in [-0.2, -0.15) is 0 Å². The predicted octanol–water partition coefficient (Wildman–Crippen LogP) is 1.60. The van der Waals surface area contributed by atoms with Crippen LogP contribution in [0.25, 0.3) is 0 Å². The molecule has 0 aromatic heterocycles. The summed E-state index contributed by atoms with van der Waals surface area (Å²) in [5.41, 5.74) is 0. The number of carbonyl (C=O) groups excluding carboxylic acids is 2. The van der Waals surface area contributed by atoms with Crippen molar-refractivity contribution in [3.8, 4) is 0 Å². The van der Waals surface area contributed by atoms with E-state index in [0.29, 0.717) is 26.1 Å². The van der Waals surface area contributed by atoms with Crippen LogP contribution < -0.4 is 0 Å². The minimum Gasteiger partial charge on any atom is -0.469 e. The van der Waals surface area contributed by atoms with E-state index in [1.54, 1.807) is 4.90 Å². The Balaban J connectivity index is 3.99. The third-order valence-corrected chi connectivity index (χ3v) is 2.49. The summed E-state index contributed by atoms with van der Waals surface area (Å²) in [6, 6.07) is 0. The van der Waals surface area contributed by atoms with Gasteiger partial charge in [-0.3, -0.25) is 9.59 Å². The molecule has 0 heterocycles. The van der Waals surface area contributed by atoms with Crippen LogP contribution in [0.1, 0.15) is 40.0 Å². The number of ether oxygens (including phenoxy) is 2. The standard InChI is InChI=1S/C13H25NO4/c1-5-12(15)14(9-7-13(16)17-4)8-6-10-18-11(2)3/h11H,5-10H2,1-4H3. The van der Waals surface area contributed by atoms with E-state index in [0.717, 1.165) is 6.42 Å². The number of hydrogen-bond donors (Lipinski definition) is 0. The van der Waals surface area contributed by atoms with Gasteiger partial charge in [0.15, 0.2) is 0 Å². The molecule has 0 atom stereocenters. The number of rotatable bonds is 9. The number of carbonyl (C=O) groups is 2. The van der Waals surface area contributed by atoms with E-state index in [-0.39, 0.29) is 24.4 Å². The molecule has 0 rings (SSSR count). The quantitative estimate of drug-likeness (QED) is 0.466. The summed E-state index contributed by atoms with van der Waals surface area (Å²) in [6.45, 7) is 7.44. The first-order valence-electron chi connectivity index (χ1n) is 6.47. The van der Waals surface area contributed by atoms with Crippen LogP contribution in [0.4, 0.5) is 0 Å². The molecule has 0 radical (unpaired) electrons. The van der Waals surface area contributed by atoms with E-state index < -0.39 is 0 Å². The van der Waals surface area contributed by atoms with E-state index in [9.17, 15) is 9.59 Å². The molecule has 0 saturated carbocycles. The number of esters is 1. The van der Waals surface area contributed by atoms with Crippen molar-refractivity contribution in [1.82, 2.24) is 4.90 Å². The summed E-state index contributed by atoms with van der Waals surface area (Å²) >= 11 is 0. The second-order valence-electron chi connectivity index (χ2n) is 4.33. The van der Waals surface area contributed by atoms with E-state index in [1.165, 1.54) is 7.11 Å².